The normalized spacial score (nSPS) is 19.5. The third-order valence-corrected chi connectivity index (χ3v) is 4.07. The molecule has 0 aliphatic carbocycles. The molecular weight excluding hydrogens is 313 g/mol. The average Bonchev–Trinajstić information content (AvgIpc) is 2.44. The van der Waals surface area contributed by atoms with Crippen LogP contribution in [0, 0.1) is 0 Å². The highest BCUT2D eigenvalue weighted by molar-refractivity contribution is 6.35. The number of hydrogen-bond donors (Lipinski definition) is 2. The van der Waals surface area contributed by atoms with Gasteiger partial charge in [0.2, 0.25) is 5.91 Å². The highest BCUT2D eigenvalue weighted by Gasteiger charge is 2.30. The van der Waals surface area contributed by atoms with Crippen molar-refractivity contribution in [2.24, 2.45) is 0 Å². The lowest BCUT2D eigenvalue weighted by Gasteiger charge is -2.36. The molecule has 0 aromatic heterocycles. The second-order valence-corrected chi connectivity index (χ2v) is 6.16. The second kappa shape index (κ2) is 6.83. The van der Waals surface area contributed by atoms with Crippen LogP contribution in [0.1, 0.15) is 5.56 Å². The third-order valence-electron chi connectivity index (χ3n) is 3.56. The molecule has 1 aliphatic heterocycles. The minimum absolute atomic E-state index is 0.0238. The number of piperazine rings is 1. The van der Waals surface area contributed by atoms with E-state index in [1.165, 1.54) is 6.07 Å². The number of aromatic hydroxyl groups is 1. The van der Waals surface area contributed by atoms with E-state index in [1.807, 2.05) is 4.90 Å². The Bertz CT molecular complexity index is 537. The van der Waals surface area contributed by atoms with Gasteiger partial charge in [0.05, 0.1) is 5.02 Å². The molecule has 2 rings (SSSR count). The molecular formula is C14H19Cl2N3O2. The van der Waals surface area contributed by atoms with E-state index >= 15 is 0 Å². The van der Waals surface area contributed by atoms with Gasteiger partial charge >= 0.3 is 0 Å². The van der Waals surface area contributed by atoms with Crippen LogP contribution in [0.25, 0.3) is 0 Å². The molecule has 1 aromatic rings. The monoisotopic (exact) mass is 331 g/mol. The van der Waals surface area contributed by atoms with Gasteiger partial charge in [-0.2, -0.15) is 0 Å². The van der Waals surface area contributed by atoms with Crippen molar-refractivity contribution in [3.8, 4) is 5.75 Å². The molecule has 1 atom stereocenters. The average molecular weight is 332 g/mol. The minimum Gasteiger partial charge on any atom is -0.506 e. The first kappa shape index (κ1) is 16.4. The predicted octanol–water partition coefficient (Wildman–Crippen LogP) is 1.56. The summed E-state index contributed by atoms with van der Waals surface area (Å²) in [5.74, 6) is 0.0606. The van der Waals surface area contributed by atoms with E-state index in [2.05, 4.69) is 5.32 Å². The number of amides is 1. The number of halogens is 2. The van der Waals surface area contributed by atoms with E-state index in [0.29, 0.717) is 30.2 Å². The first-order valence-corrected chi connectivity index (χ1v) is 7.48. The van der Waals surface area contributed by atoms with E-state index in [9.17, 15) is 9.90 Å². The van der Waals surface area contributed by atoms with Gasteiger partial charge in [-0.05, 0) is 12.1 Å². The second-order valence-electron chi connectivity index (χ2n) is 5.32. The van der Waals surface area contributed by atoms with Crippen LogP contribution < -0.4 is 5.32 Å². The van der Waals surface area contributed by atoms with Gasteiger partial charge < -0.3 is 15.3 Å². The Morgan fingerprint density at radius 2 is 2.19 bits per heavy atom. The Labute approximate surface area is 134 Å². The molecule has 1 saturated heterocycles. The van der Waals surface area contributed by atoms with Crippen molar-refractivity contribution < 1.29 is 9.90 Å². The van der Waals surface area contributed by atoms with Gasteiger partial charge in [-0.1, -0.05) is 23.2 Å². The van der Waals surface area contributed by atoms with Crippen molar-refractivity contribution in [3.63, 3.8) is 0 Å². The summed E-state index contributed by atoms with van der Waals surface area (Å²) in [5.41, 5.74) is 0.631. The Morgan fingerprint density at radius 3 is 2.86 bits per heavy atom. The van der Waals surface area contributed by atoms with Crippen molar-refractivity contribution in [2.45, 2.75) is 12.6 Å². The number of phenolic OH excluding ortho intramolecular Hbond substituents is 1. The third kappa shape index (κ3) is 3.80. The Hall–Kier alpha value is -1.01. The fraction of sp³-hybridized carbons (Fsp3) is 0.500. The molecule has 0 bridgehead atoms. The Morgan fingerprint density at radius 1 is 1.48 bits per heavy atom. The number of carbonyl (C=O) groups excluding carboxylic acids is 1. The first-order valence-electron chi connectivity index (χ1n) is 6.73. The number of nitrogens with zero attached hydrogens (tertiary/aromatic N) is 2. The summed E-state index contributed by atoms with van der Waals surface area (Å²) < 4.78 is 0. The molecule has 21 heavy (non-hydrogen) atoms. The molecule has 1 aliphatic rings. The van der Waals surface area contributed by atoms with Crippen LogP contribution in [0.3, 0.4) is 0 Å². The summed E-state index contributed by atoms with van der Waals surface area (Å²) in [6.45, 7) is 2.53. The minimum atomic E-state index is -0.258. The highest BCUT2D eigenvalue weighted by atomic mass is 35.5. The standard InChI is InChI=1S/C14H19Cl2N3O2/c1-18(2)14(21)12-7-17-3-4-19(12)8-9-5-10(15)6-11(16)13(9)20/h5-6,12,17,20H,3-4,7-8H2,1-2H3. The molecule has 2 N–H and O–H groups in total. The quantitative estimate of drug-likeness (QED) is 0.882. The SMILES string of the molecule is CN(C)C(=O)C1CNCCN1Cc1cc(Cl)cc(Cl)c1O. The van der Waals surface area contributed by atoms with E-state index in [4.69, 9.17) is 23.2 Å². The number of benzene rings is 1. The Kier molecular flexibility index (Phi) is 5.32. The van der Waals surface area contributed by atoms with Crippen LogP contribution in [0.15, 0.2) is 12.1 Å². The van der Waals surface area contributed by atoms with Gasteiger partial charge in [-0.25, -0.2) is 0 Å². The van der Waals surface area contributed by atoms with Gasteiger partial charge in [-0.15, -0.1) is 0 Å². The highest BCUT2D eigenvalue weighted by Crippen LogP contribution is 2.32. The zero-order valence-corrected chi connectivity index (χ0v) is 13.6. The molecule has 116 valence electrons. The molecule has 1 unspecified atom stereocenters. The van der Waals surface area contributed by atoms with Gasteiger partial charge in [0, 0.05) is 50.9 Å². The zero-order chi connectivity index (χ0) is 15.6. The lowest BCUT2D eigenvalue weighted by Crippen LogP contribution is -2.57. The van der Waals surface area contributed by atoms with Gasteiger partial charge in [0.15, 0.2) is 0 Å². The number of likely N-dealkylation sites (N-methyl/N-ethyl adjacent to an activating group) is 1. The number of hydrogen-bond acceptors (Lipinski definition) is 4. The van der Waals surface area contributed by atoms with E-state index in [-0.39, 0.29) is 22.7 Å². The molecule has 1 amide bonds. The molecule has 0 saturated carbocycles. The fourth-order valence-electron chi connectivity index (χ4n) is 2.44. The van der Waals surface area contributed by atoms with Crippen molar-refractivity contribution in [1.29, 1.82) is 0 Å². The molecule has 0 spiro atoms. The lowest BCUT2D eigenvalue weighted by atomic mass is 10.1. The smallest absolute Gasteiger partial charge is 0.240 e. The number of rotatable bonds is 3. The van der Waals surface area contributed by atoms with Gasteiger partial charge in [0.25, 0.3) is 0 Å². The van der Waals surface area contributed by atoms with Crippen LogP contribution in [0.5, 0.6) is 5.75 Å². The maximum atomic E-state index is 12.2. The van der Waals surface area contributed by atoms with Crippen molar-refractivity contribution in [3.05, 3.63) is 27.7 Å². The predicted molar refractivity (Wildman–Crippen MR) is 83.9 cm³/mol. The Balaban J connectivity index is 2.22. The molecule has 1 fully saturated rings. The molecule has 7 heteroatoms. The van der Waals surface area contributed by atoms with Crippen molar-refractivity contribution >= 4 is 29.1 Å². The van der Waals surface area contributed by atoms with Crippen LogP contribution >= 0.6 is 23.2 Å². The summed E-state index contributed by atoms with van der Waals surface area (Å²) in [7, 11) is 3.48. The van der Waals surface area contributed by atoms with Crippen molar-refractivity contribution in [1.82, 2.24) is 15.1 Å². The fourth-order valence-corrected chi connectivity index (χ4v) is 2.97. The number of nitrogens with one attached hydrogen (secondary N) is 1. The number of phenols is 1. The van der Waals surface area contributed by atoms with E-state index in [1.54, 1.807) is 25.1 Å². The maximum absolute atomic E-state index is 12.2. The topological polar surface area (TPSA) is 55.8 Å². The largest absolute Gasteiger partial charge is 0.506 e. The maximum Gasteiger partial charge on any atom is 0.240 e. The first-order chi connectivity index (χ1) is 9.90. The van der Waals surface area contributed by atoms with Crippen LogP contribution in [-0.4, -0.2) is 60.6 Å². The molecule has 0 radical (unpaired) electrons. The molecule has 1 aromatic carbocycles. The zero-order valence-electron chi connectivity index (χ0n) is 12.1. The van der Waals surface area contributed by atoms with Crippen LogP contribution in [0.4, 0.5) is 0 Å². The van der Waals surface area contributed by atoms with Crippen LogP contribution in [-0.2, 0) is 11.3 Å². The van der Waals surface area contributed by atoms with E-state index < -0.39 is 0 Å². The van der Waals surface area contributed by atoms with Crippen LogP contribution in [0.2, 0.25) is 10.0 Å². The van der Waals surface area contributed by atoms with Gasteiger partial charge in [0.1, 0.15) is 11.8 Å². The summed E-state index contributed by atoms with van der Waals surface area (Å²) >= 11 is 11.9. The molecule has 5 nitrogen and oxygen atoms in total. The molecule has 1 heterocycles. The van der Waals surface area contributed by atoms with Crippen molar-refractivity contribution in [2.75, 3.05) is 33.7 Å². The summed E-state index contributed by atoms with van der Waals surface area (Å²) in [6, 6.07) is 2.93. The summed E-state index contributed by atoms with van der Waals surface area (Å²) in [5, 5.41) is 14.0. The summed E-state index contributed by atoms with van der Waals surface area (Å²) in [6.07, 6.45) is 0. The lowest BCUT2D eigenvalue weighted by molar-refractivity contribution is -0.135. The van der Waals surface area contributed by atoms with Gasteiger partial charge in [-0.3, -0.25) is 9.69 Å². The number of carbonyl (C=O) groups is 1. The summed E-state index contributed by atoms with van der Waals surface area (Å²) in [4.78, 5) is 15.9. The van der Waals surface area contributed by atoms with E-state index in [0.717, 1.165) is 6.54 Å².